The summed E-state index contributed by atoms with van der Waals surface area (Å²) in [6.07, 6.45) is 0. The van der Waals surface area contributed by atoms with Crippen LogP contribution in [0.1, 0.15) is 21.8 Å². The van der Waals surface area contributed by atoms with Crippen LogP contribution in [-0.2, 0) is 0 Å². The zero-order valence-electron chi connectivity index (χ0n) is 11.0. The molecule has 0 aliphatic rings. The van der Waals surface area contributed by atoms with E-state index in [-0.39, 0.29) is 0 Å². The Labute approximate surface area is 123 Å². The van der Waals surface area contributed by atoms with Gasteiger partial charge in [-0.15, -0.1) is 0 Å². The smallest absolute Gasteiger partial charge is 0.250 e. The monoisotopic (exact) mass is 333 g/mol. The van der Waals surface area contributed by atoms with Gasteiger partial charge in [0, 0.05) is 9.86 Å². The number of hydrogen-bond acceptors (Lipinski definition) is 3. The third kappa shape index (κ3) is 1.84. The Morgan fingerprint density at radius 3 is 2.75 bits per heavy atom. The first-order valence-electron chi connectivity index (χ1n) is 6.03. The van der Waals surface area contributed by atoms with E-state index in [4.69, 9.17) is 10.3 Å². The number of fused-ring (bicyclic) bond motifs is 1. The summed E-state index contributed by atoms with van der Waals surface area (Å²) in [7, 11) is 0. The molecule has 0 spiro atoms. The number of benzene rings is 1. The van der Waals surface area contributed by atoms with Crippen LogP contribution in [0.2, 0.25) is 0 Å². The highest BCUT2D eigenvalue weighted by Crippen LogP contribution is 2.33. The first-order valence-corrected chi connectivity index (χ1v) is 6.82. The van der Waals surface area contributed by atoms with Crippen LogP contribution in [0.3, 0.4) is 0 Å². The lowest BCUT2D eigenvalue weighted by Crippen LogP contribution is -2.11. The number of rotatable bonds is 2. The Bertz CT molecular complexity index is 813. The third-order valence-corrected chi connectivity index (χ3v) is 4.00. The van der Waals surface area contributed by atoms with Gasteiger partial charge in [-0.1, -0.05) is 21.1 Å². The van der Waals surface area contributed by atoms with Crippen molar-refractivity contribution in [2.24, 2.45) is 5.73 Å². The summed E-state index contributed by atoms with van der Waals surface area (Å²) in [4.78, 5) is 14.8. The van der Waals surface area contributed by atoms with Gasteiger partial charge < -0.3 is 15.2 Å². The number of aromatic nitrogens is 2. The van der Waals surface area contributed by atoms with Gasteiger partial charge in [-0.2, -0.15) is 0 Å². The van der Waals surface area contributed by atoms with E-state index in [9.17, 15) is 4.79 Å². The summed E-state index contributed by atoms with van der Waals surface area (Å²) >= 11 is 3.48. The average Bonchev–Trinajstić information content (AvgIpc) is 2.94. The summed E-state index contributed by atoms with van der Waals surface area (Å²) < 4.78 is 6.08. The van der Waals surface area contributed by atoms with Crippen LogP contribution in [-0.4, -0.2) is 16.0 Å². The van der Waals surface area contributed by atoms with Gasteiger partial charge in [-0.3, -0.25) is 4.79 Å². The van der Waals surface area contributed by atoms with Crippen molar-refractivity contribution in [1.29, 1.82) is 0 Å². The van der Waals surface area contributed by atoms with Crippen LogP contribution in [0.4, 0.5) is 0 Å². The van der Waals surface area contributed by atoms with Crippen LogP contribution in [0, 0.1) is 13.8 Å². The Morgan fingerprint density at radius 1 is 1.40 bits per heavy atom. The first kappa shape index (κ1) is 12.9. The van der Waals surface area contributed by atoms with Crippen molar-refractivity contribution >= 4 is 32.7 Å². The maximum absolute atomic E-state index is 11.5. The molecule has 0 aliphatic heterocycles. The highest BCUT2D eigenvalue weighted by atomic mass is 79.9. The summed E-state index contributed by atoms with van der Waals surface area (Å²) in [6, 6.07) is 5.47. The van der Waals surface area contributed by atoms with Gasteiger partial charge in [0.25, 0.3) is 5.91 Å². The van der Waals surface area contributed by atoms with Crippen molar-refractivity contribution in [3.63, 3.8) is 0 Å². The number of primary amides is 1. The predicted octanol–water partition coefficient (Wildman–Crippen LogP) is 3.30. The summed E-state index contributed by atoms with van der Waals surface area (Å²) in [5.74, 6) is 0.264. The van der Waals surface area contributed by atoms with E-state index >= 15 is 0 Å². The summed E-state index contributed by atoms with van der Waals surface area (Å²) in [6.45, 7) is 3.73. The molecule has 3 aromatic rings. The number of hydrogen-bond donors (Lipinski definition) is 2. The second kappa shape index (κ2) is 4.49. The van der Waals surface area contributed by atoms with E-state index < -0.39 is 5.91 Å². The van der Waals surface area contributed by atoms with Gasteiger partial charge in [-0.25, -0.2) is 0 Å². The Morgan fingerprint density at radius 2 is 2.15 bits per heavy atom. The SMILES string of the molecule is Cc1noc(C)c1-c1cc2c(Br)ccc(C(N)=O)c2[nH]1. The fourth-order valence-electron chi connectivity index (χ4n) is 2.39. The number of nitrogens with one attached hydrogen (secondary N) is 1. The quantitative estimate of drug-likeness (QED) is 0.754. The number of H-pyrrole nitrogens is 1. The van der Waals surface area contributed by atoms with Crippen LogP contribution in [0.25, 0.3) is 22.2 Å². The summed E-state index contributed by atoms with van der Waals surface area (Å²) in [5.41, 5.74) is 9.14. The first-order chi connectivity index (χ1) is 9.49. The number of aryl methyl sites for hydroxylation is 2. The van der Waals surface area contributed by atoms with Crippen molar-refractivity contribution in [3.8, 4) is 11.3 Å². The fourth-order valence-corrected chi connectivity index (χ4v) is 2.84. The third-order valence-electron chi connectivity index (χ3n) is 3.31. The van der Waals surface area contributed by atoms with E-state index in [0.717, 1.165) is 32.6 Å². The van der Waals surface area contributed by atoms with E-state index in [0.29, 0.717) is 11.1 Å². The van der Waals surface area contributed by atoms with Gasteiger partial charge in [-0.05, 0) is 32.0 Å². The second-order valence-electron chi connectivity index (χ2n) is 4.63. The van der Waals surface area contributed by atoms with Gasteiger partial charge in [0.2, 0.25) is 0 Å². The molecular formula is C14H12BrN3O2. The molecule has 0 aliphatic carbocycles. The summed E-state index contributed by atoms with van der Waals surface area (Å²) in [5, 5.41) is 4.84. The maximum atomic E-state index is 11.5. The molecule has 1 aromatic carbocycles. The highest BCUT2D eigenvalue weighted by Gasteiger charge is 2.17. The minimum Gasteiger partial charge on any atom is -0.366 e. The molecule has 3 rings (SSSR count). The van der Waals surface area contributed by atoms with Crippen LogP contribution >= 0.6 is 15.9 Å². The standard InChI is InChI=1S/C14H12BrN3O2/c1-6-12(7(2)20-18-6)11-5-9-10(15)4-3-8(14(16)19)13(9)17-11/h3-5,17H,1-2H3,(H2,16,19). The molecule has 5 nitrogen and oxygen atoms in total. The van der Waals surface area contributed by atoms with Crippen LogP contribution < -0.4 is 5.73 Å². The molecule has 20 heavy (non-hydrogen) atoms. The number of amides is 1. The van der Waals surface area contributed by atoms with Crippen LogP contribution in [0.15, 0.2) is 27.2 Å². The van der Waals surface area contributed by atoms with Gasteiger partial charge >= 0.3 is 0 Å². The number of nitrogens with zero attached hydrogens (tertiary/aromatic N) is 1. The number of nitrogens with two attached hydrogens (primary N) is 1. The zero-order chi connectivity index (χ0) is 14.4. The van der Waals surface area contributed by atoms with Crippen molar-refractivity contribution in [2.45, 2.75) is 13.8 Å². The molecule has 0 bridgehead atoms. The van der Waals surface area contributed by atoms with Crippen LogP contribution in [0.5, 0.6) is 0 Å². The van der Waals surface area contributed by atoms with Crippen molar-refractivity contribution in [3.05, 3.63) is 39.7 Å². The van der Waals surface area contributed by atoms with Gasteiger partial charge in [0.1, 0.15) is 5.76 Å². The molecular weight excluding hydrogens is 322 g/mol. The number of carbonyl (C=O) groups excluding carboxylic acids is 1. The molecule has 0 radical (unpaired) electrons. The van der Waals surface area contributed by atoms with Gasteiger partial charge in [0.15, 0.2) is 0 Å². The molecule has 1 amide bonds. The van der Waals surface area contributed by atoms with Gasteiger partial charge in [0.05, 0.1) is 28.0 Å². The number of halogens is 1. The Balaban J connectivity index is 2.33. The lowest BCUT2D eigenvalue weighted by atomic mass is 10.1. The second-order valence-corrected chi connectivity index (χ2v) is 5.48. The Hall–Kier alpha value is -2.08. The van der Waals surface area contributed by atoms with E-state index in [2.05, 4.69) is 26.1 Å². The minimum atomic E-state index is -0.463. The van der Waals surface area contributed by atoms with E-state index in [1.165, 1.54) is 0 Å². The molecule has 0 fully saturated rings. The predicted molar refractivity (Wildman–Crippen MR) is 79.5 cm³/mol. The largest absolute Gasteiger partial charge is 0.366 e. The topological polar surface area (TPSA) is 84.9 Å². The average molecular weight is 334 g/mol. The molecule has 0 saturated carbocycles. The molecule has 102 valence electrons. The number of carbonyl (C=O) groups is 1. The molecule has 6 heteroatoms. The molecule has 3 N–H and O–H groups in total. The van der Waals surface area contributed by atoms with Crippen molar-refractivity contribution in [1.82, 2.24) is 10.1 Å². The molecule has 0 atom stereocenters. The molecule has 2 aromatic heterocycles. The molecule has 2 heterocycles. The normalized spacial score (nSPS) is 11.2. The zero-order valence-corrected chi connectivity index (χ0v) is 12.5. The number of aromatic amines is 1. The fraction of sp³-hybridized carbons (Fsp3) is 0.143. The lowest BCUT2D eigenvalue weighted by Gasteiger charge is -1.99. The minimum absolute atomic E-state index is 0.459. The Kier molecular flexibility index (Phi) is 2.90. The molecule has 0 unspecified atom stereocenters. The van der Waals surface area contributed by atoms with Crippen molar-refractivity contribution < 1.29 is 9.32 Å². The lowest BCUT2D eigenvalue weighted by molar-refractivity contribution is 0.100. The van der Waals surface area contributed by atoms with Crippen molar-refractivity contribution in [2.75, 3.05) is 0 Å². The molecule has 0 saturated heterocycles. The van der Waals surface area contributed by atoms with E-state index in [1.807, 2.05) is 26.0 Å². The van der Waals surface area contributed by atoms with E-state index in [1.54, 1.807) is 6.07 Å². The maximum Gasteiger partial charge on any atom is 0.250 e. The highest BCUT2D eigenvalue weighted by molar-refractivity contribution is 9.10.